The summed E-state index contributed by atoms with van der Waals surface area (Å²) in [6.45, 7) is 17.3. The van der Waals surface area contributed by atoms with Crippen LogP contribution in [0, 0.1) is 5.92 Å². The normalized spacial score (nSPS) is 23.0. The van der Waals surface area contributed by atoms with Gasteiger partial charge in [0.1, 0.15) is 12.2 Å². The summed E-state index contributed by atoms with van der Waals surface area (Å²) in [5, 5.41) is 0.120. The van der Waals surface area contributed by atoms with Crippen molar-refractivity contribution < 1.29 is 18.7 Å². The van der Waals surface area contributed by atoms with Gasteiger partial charge in [0, 0.05) is 0 Å². The Labute approximate surface area is 130 Å². The second kappa shape index (κ2) is 6.52. The van der Waals surface area contributed by atoms with Gasteiger partial charge >= 0.3 is 5.97 Å². The number of hydrogen-bond donors (Lipinski definition) is 0. The Kier molecular flexibility index (Phi) is 5.67. The highest BCUT2D eigenvalue weighted by atomic mass is 28.4. The Hall–Kier alpha value is -0.813. The Morgan fingerprint density at radius 2 is 1.95 bits per heavy atom. The summed E-state index contributed by atoms with van der Waals surface area (Å²) >= 11 is 0. The first-order chi connectivity index (χ1) is 9.49. The summed E-state index contributed by atoms with van der Waals surface area (Å²) in [6, 6.07) is 0. The highest BCUT2D eigenvalue weighted by molar-refractivity contribution is 6.74. The van der Waals surface area contributed by atoms with E-state index < -0.39 is 14.3 Å². The first-order valence-corrected chi connectivity index (χ1v) is 10.6. The van der Waals surface area contributed by atoms with Crippen LogP contribution in [0.25, 0.3) is 0 Å². The van der Waals surface area contributed by atoms with E-state index in [1.165, 1.54) is 0 Å². The summed E-state index contributed by atoms with van der Waals surface area (Å²) in [6.07, 6.45) is 1.49. The molecule has 0 amide bonds. The van der Waals surface area contributed by atoms with Gasteiger partial charge in [0.15, 0.2) is 8.32 Å². The van der Waals surface area contributed by atoms with Gasteiger partial charge in [-0.05, 0) is 37.0 Å². The third-order valence-corrected chi connectivity index (χ3v) is 8.75. The van der Waals surface area contributed by atoms with Crippen molar-refractivity contribution in [3.05, 3.63) is 11.8 Å². The van der Waals surface area contributed by atoms with Crippen LogP contribution < -0.4 is 0 Å². The SMILES string of the molecule is CCOC(=O)C1=C[C@H](O[Si](C)(C)C(C)(C)C)[C@@H](C(C)C)O1. The van der Waals surface area contributed by atoms with Crippen molar-refractivity contribution in [1.29, 1.82) is 0 Å². The average molecular weight is 314 g/mol. The van der Waals surface area contributed by atoms with Crippen LogP contribution in [0.2, 0.25) is 18.1 Å². The molecule has 0 bridgehead atoms. The lowest BCUT2D eigenvalue weighted by Gasteiger charge is -2.39. The van der Waals surface area contributed by atoms with Crippen molar-refractivity contribution in [1.82, 2.24) is 0 Å². The summed E-state index contributed by atoms with van der Waals surface area (Å²) in [4.78, 5) is 11.9. The second-order valence-electron chi connectivity index (χ2n) is 7.42. The molecular weight excluding hydrogens is 284 g/mol. The van der Waals surface area contributed by atoms with Crippen LogP contribution in [0.4, 0.5) is 0 Å². The molecule has 2 atom stereocenters. The van der Waals surface area contributed by atoms with E-state index >= 15 is 0 Å². The fourth-order valence-electron chi connectivity index (χ4n) is 1.95. The van der Waals surface area contributed by atoms with Gasteiger partial charge in [-0.1, -0.05) is 34.6 Å². The van der Waals surface area contributed by atoms with Gasteiger partial charge in [-0.3, -0.25) is 0 Å². The Bertz CT molecular complexity index is 407. The van der Waals surface area contributed by atoms with Gasteiger partial charge in [-0.2, -0.15) is 0 Å². The molecule has 0 aromatic heterocycles. The van der Waals surface area contributed by atoms with Crippen molar-refractivity contribution in [3.8, 4) is 0 Å². The fourth-order valence-corrected chi connectivity index (χ4v) is 3.19. The summed E-state index contributed by atoms with van der Waals surface area (Å²) in [7, 11) is -1.92. The van der Waals surface area contributed by atoms with Crippen LogP contribution in [-0.2, 0) is 18.7 Å². The Balaban J connectivity index is 2.93. The number of hydrogen-bond acceptors (Lipinski definition) is 4. The van der Waals surface area contributed by atoms with E-state index in [1.807, 2.05) is 0 Å². The summed E-state index contributed by atoms with van der Waals surface area (Å²) in [5.41, 5.74) is 0. The molecule has 0 saturated heterocycles. The lowest BCUT2D eigenvalue weighted by molar-refractivity contribution is -0.143. The van der Waals surface area contributed by atoms with Gasteiger partial charge in [0.25, 0.3) is 0 Å². The van der Waals surface area contributed by atoms with Gasteiger partial charge in [0.05, 0.1) is 6.61 Å². The molecule has 4 nitrogen and oxygen atoms in total. The van der Waals surface area contributed by atoms with Crippen LogP contribution in [0.3, 0.4) is 0 Å². The van der Waals surface area contributed by atoms with Gasteiger partial charge < -0.3 is 13.9 Å². The number of carbonyl (C=O) groups excluding carboxylic acids is 1. The van der Waals surface area contributed by atoms with E-state index in [0.717, 1.165) is 0 Å². The first kappa shape index (κ1) is 18.2. The first-order valence-electron chi connectivity index (χ1n) is 7.73. The third kappa shape index (κ3) is 4.33. The number of esters is 1. The molecule has 21 heavy (non-hydrogen) atoms. The molecule has 1 aliphatic heterocycles. The van der Waals surface area contributed by atoms with Crippen molar-refractivity contribution in [2.45, 2.75) is 71.9 Å². The molecule has 0 N–H and O–H groups in total. The van der Waals surface area contributed by atoms with E-state index in [4.69, 9.17) is 13.9 Å². The minimum absolute atomic E-state index is 0.120. The topological polar surface area (TPSA) is 44.8 Å². The van der Waals surface area contributed by atoms with Crippen molar-refractivity contribution >= 4 is 14.3 Å². The van der Waals surface area contributed by atoms with E-state index in [1.54, 1.807) is 13.0 Å². The molecule has 0 unspecified atom stereocenters. The maximum Gasteiger partial charge on any atom is 0.373 e. The number of rotatable bonds is 5. The van der Waals surface area contributed by atoms with E-state index in [9.17, 15) is 4.79 Å². The highest BCUT2D eigenvalue weighted by Gasteiger charge is 2.44. The van der Waals surface area contributed by atoms with E-state index in [0.29, 0.717) is 12.4 Å². The lowest BCUT2D eigenvalue weighted by Crippen LogP contribution is -2.46. The van der Waals surface area contributed by atoms with Crippen LogP contribution in [0.1, 0.15) is 41.5 Å². The number of carbonyl (C=O) groups is 1. The molecule has 0 fully saturated rings. The van der Waals surface area contributed by atoms with Crippen molar-refractivity contribution in [2.75, 3.05) is 6.61 Å². The zero-order valence-electron chi connectivity index (χ0n) is 14.6. The fraction of sp³-hybridized carbons (Fsp3) is 0.812. The minimum atomic E-state index is -1.92. The Morgan fingerprint density at radius 3 is 2.38 bits per heavy atom. The molecule has 5 heteroatoms. The average Bonchev–Trinajstić information content (AvgIpc) is 2.71. The Morgan fingerprint density at radius 1 is 1.38 bits per heavy atom. The van der Waals surface area contributed by atoms with Gasteiger partial charge in [-0.15, -0.1) is 0 Å². The molecule has 0 aromatic carbocycles. The van der Waals surface area contributed by atoms with E-state index in [2.05, 4.69) is 47.7 Å². The molecular formula is C16H30O4Si. The second-order valence-corrected chi connectivity index (χ2v) is 12.2. The zero-order valence-corrected chi connectivity index (χ0v) is 15.6. The van der Waals surface area contributed by atoms with Gasteiger partial charge in [0.2, 0.25) is 5.76 Å². The predicted molar refractivity (Wildman–Crippen MR) is 86.5 cm³/mol. The molecule has 1 heterocycles. The predicted octanol–water partition coefficient (Wildman–Crippen LogP) is 3.88. The highest BCUT2D eigenvalue weighted by Crippen LogP contribution is 2.39. The minimum Gasteiger partial charge on any atom is -0.480 e. The third-order valence-electron chi connectivity index (χ3n) is 4.27. The zero-order chi connectivity index (χ0) is 16.4. The standard InChI is InChI=1S/C16H30O4Si/c1-9-18-15(17)13-10-12(14(19-13)11(2)3)20-21(7,8)16(4,5)6/h10-12,14H,9H2,1-8H3/t12-,14+/m0/s1. The van der Waals surface area contributed by atoms with Crippen molar-refractivity contribution in [3.63, 3.8) is 0 Å². The smallest absolute Gasteiger partial charge is 0.373 e. The van der Waals surface area contributed by atoms with Crippen molar-refractivity contribution in [2.24, 2.45) is 5.92 Å². The van der Waals surface area contributed by atoms with Crippen LogP contribution in [0.15, 0.2) is 11.8 Å². The molecule has 0 aliphatic carbocycles. The summed E-state index contributed by atoms with van der Waals surface area (Å²) < 4.78 is 17.2. The molecule has 122 valence electrons. The quantitative estimate of drug-likeness (QED) is 0.570. The molecule has 0 radical (unpaired) electrons. The molecule has 0 saturated carbocycles. The molecule has 0 spiro atoms. The molecule has 1 aliphatic rings. The largest absolute Gasteiger partial charge is 0.480 e. The van der Waals surface area contributed by atoms with Crippen LogP contribution in [-0.4, -0.2) is 33.1 Å². The maximum absolute atomic E-state index is 11.9. The lowest BCUT2D eigenvalue weighted by atomic mass is 10.0. The molecule has 1 rings (SSSR count). The number of ether oxygens (including phenoxy) is 2. The van der Waals surface area contributed by atoms with Crippen LogP contribution >= 0.6 is 0 Å². The summed E-state index contributed by atoms with van der Waals surface area (Å²) in [5.74, 6) is 0.159. The van der Waals surface area contributed by atoms with Crippen LogP contribution in [0.5, 0.6) is 0 Å². The van der Waals surface area contributed by atoms with E-state index in [-0.39, 0.29) is 23.2 Å². The van der Waals surface area contributed by atoms with Gasteiger partial charge in [-0.25, -0.2) is 4.79 Å². The molecule has 0 aromatic rings. The monoisotopic (exact) mass is 314 g/mol. The maximum atomic E-state index is 11.9.